The molecule has 0 saturated carbocycles. The molecule has 0 radical (unpaired) electrons. The maximum absolute atomic E-state index is 10.9. The van der Waals surface area contributed by atoms with Gasteiger partial charge in [0.2, 0.25) is 0 Å². The van der Waals surface area contributed by atoms with Crippen LogP contribution in [0.3, 0.4) is 0 Å². The Morgan fingerprint density at radius 3 is 2.57 bits per heavy atom. The van der Waals surface area contributed by atoms with Crippen LogP contribution in [0.2, 0.25) is 0 Å². The third-order valence-electron chi connectivity index (χ3n) is 4.56. The second-order valence-electron chi connectivity index (χ2n) is 6.43. The molecule has 0 spiro atoms. The van der Waals surface area contributed by atoms with Gasteiger partial charge in [-0.2, -0.15) is 0 Å². The summed E-state index contributed by atoms with van der Waals surface area (Å²) in [6.07, 6.45) is 6.36. The maximum Gasteiger partial charge on any atom is 0.138 e. The number of ether oxygens (including phenoxy) is 1. The number of pyridine rings is 1. The minimum Gasteiger partial charge on any atom is -0.489 e. The van der Waals surface area contributed by atoms with Crippen LogP contribution in [0.15, 0.2) is 18.5 Å². The summed E-state index contributed by atoms with van der Waals surface area (Å²) in [4.78, 5) is 6.64. The molecule has 2 rings (SSSR count). The first-order valence-electron chi connectivity index (χ1n) is 8.02. The highest BCUT2D eigenvalue weighted by Gasteiger charge is 2.39. The van der Waals surface area contributed by atoms with E-state index in [1.54, 1.807) is 12.4 Å². The molecule has 1 aromatic heterocycles. The molecule has 4 heteroatoms. The second-order valence-corrected chi connectivity index (χ2v) is 6.43. The molecule has 1 aromatic rings. The van der Waals surface area contributed by atoms with Crippen molar-refractivity contribution >= 4 is 0 Å². The van der Waals surface area contributed by atoms with Crippen molar-refractivity contribution in [1.82, 2.24) is 9.88 Å². The largest absolute Gasteiger partial charge is 0.489 e. The highest BCUT2D eigenvalue weighted by molar-refractivity contribution is 5.27. The molecular formula is C17H28N2O2. The van der Waals surface area contributed by atoms with Crippen LogP contribution in [0.1, 0.15) is 58.6 Å². The van der Waals surface area contributed by atoms with E-state index < -0.39 is 6.10 Å². The van der Waals surface area contributed by atoms with Crippen molar-refractivity contribution in [2.24, 2.45) is 0 Å². The van der Waals surface area contributed by atoms with Crippen molar-refractivity contribution < 1.29 is 9.84 Å². The summed E-state index contributed by atoms with van der Waals surface area (Å²) in [6, 6.07) is 1.92. The zero-order valence-electron chi connectivity index (χ0n) is 13.7. The van der Waals surface area contributed by atoms with Crippen LogP contribution in [-0.2, 0) is 0 Å². The lowest BCUT2D eigenvalue weighted by Gasteiger charge is -2.42. The van der Waals surface area contributed by atoms with Crippen LogP contribution < -0.4 is 4.74 Å². The Morgan fingerprint density at radius 2 is 2.00 bits per heavy atom. The molecule has 0 aliphatic carbocycles. The zero-order chi connectivity index (χ0) is 15.5. The lowest BCUT2D eigenvalue weighted by atomic mass is 9.86. The van der Waals surface area contributed by atoms with Gasteiger partial charge in [-0.25, -0.2) is 0 Å². The molecule has 2 atom stereocenters. The Kier molecular flexibility index (Phi) is 5.22. The number of aliphatic hydroxyl groups is 1. The van der Waals surface area contributed by atoms with Crippen molar-refractivity contribution in [2.45, 2.75) is 64.7 Å². The van der Waals surface area contributed by atoms with E-state index in [0.29, 0.717) is 0 Å². The Morgan fingerprint density at radius 1 is 1.33 bits per heavy atom. The standard InChI is InChI=1S/C17H28N2O2/c1-5-17(4,19-8-6-7-9-19)16(20)14-10-15(12-18-11-14)21-13(2)3/h10-13,16,20H,5-9H2,1-4H3. The number of aliphatic hydroxyl groups excluding tert-OH is 1. The second kappa shape index (κ2) is 6.75. The third-order valence-corrected chi connectivity index (χ3v) is 4.56. The molecular weight excluding hydrogens is 264 g/mol. The summed E-state index contributed by atoms with van der Waals surface area (Å²) < 4.78 is 5.69. The van der Waals surface area contributed by atoms with Crippen molar-refractivity contribution in [3.05, 3.63) is 24.0 Å². The van der Waals surface area contributed by atoms with Gasteiger partial charge in [0, 0.05) is 17.3 Å². The fraction of sp³-hybridized carbons (Fsp3) is 0.706. The SMILES string of the molecule is CCC(C)(C(O)c1cncc(OC(C)C)c1)N1CCCC1. The Balaban J connectivity index is 2.22. The first-order chi connectivity index (χ1) is 9.97. The van der Waals surface area contributed by atoms with Gasteiger partial charge in [0.05, 0.1) is 18.4 Å². The van der Waals surface area contributed by atoms with Crippen LogP contribution in [0.4, 0.5) is 0 Å². The molecule has 1 aliphatic heterocycles. The van der Waals surface area contributed by atoms with Crippen molar-refractivity contribution in [3.8, 4) is 5.75 Å². The average Bonchev–Trinajstić information content (AvgIpc) is 3.00. The van der Waals surface area contributed by atoms with E-state index in [2.05, 4.69) is 23.7 Å². The molecule has 118 valence electrons. The normalized spacial score (nSPS) is 20.5. The Hall–Kier alpha value is -1.13. The monoisotopic (exact) mass is 292 g/mol. The van der Waals surface area contributed by atoms with E-state index in [0.717, 1.165) is 30.8 Å². The van der Waals surface area contributed by atoms with Crippen LogP contribution >= 0.6 is 0 Å². The third kappa shape index (κ3) is 3.55. The smallest absolute Gasteiger partial charge is 0.138 e. The lowest BCUT2D eigenvalue weighted by molar-refractivity contribution is -0.0143. The van der Waals surface area contributed by atoms with Crippen LogP contribution in [0, 0.1) is 0 Å². The van der Waals surface area contributed by atoms with Gasteiger partial charge < -0.3 is 9.84 Å². The first kappa shape index (κ1) is 16.2. The van der Waals surface area contributed by atoms with E-state index in [9.17, 15) is 5.11 Å². The van der Waals surface area contributed by atoms with E-state index in [1.165, 1.54) is 12.8 Å². The summed E-state index contributed by atoms with van der Waals surface area (Å²) in [5, 5.41) is 10.9. The topological polar surface area (TPSA) is 45.6 Å². The van der Waals surface area contributed by atoms with E-state index in [4.69, 9.17) is 4.74 Å². The summed E-state index contributed by atoms with van der Waals surface area (Å²) >= 11 is 0. The van der Waals surface area contributed by atoms with Gasteiger partial charge in [0.25, 0.3) is 0 Å². The molecule has 0 aromatic carbocycles. The maximum atomic E-state index is 10.9. The number of rotatable bonds is 6. The summed E-state index contributed by atoms with van der Waals surface area (Å²) in [6.45, 7) is 10.4. The van der Waals surface area contributed by atoms with Crippen molar-refractivity contribution in [2.75, 3.05) is 13.1 Å². The van der Waals surface area contributed by atoms with Crippen molar-refractivity contribution in [3.63, 3.8) is 0 Å². The van der Waals surface area contributed by atoms with Gasteiger partial charge in [0.15, 0.2) is 0 Å². The molecule has 1 fully saturated rings. The van der Waals surface area contributed by atoms with Crippen molar-refractivity contribution in [1.29, 1.82) is 0 Å². The summed E-state index contributed by atoms with van der Waals surface area (Å²) in [5.41, 5.74) is 0.596. The predicted octanol–water partition coefficient (Wildman–Crippen LogP) is 3.17. The fourth-order valence-corrected chi connectivity index (χ4v) is 3.10. The van der Waals surface area contributed by atoms with Crippen LogP contribution in [0.25, 0.3) is 0 Å². The average molecular weight is 292 g/mol. The lowest BCUT2D eigenvalue weighted by Crippen LogP contribution is -2.48. The van der Waals surface area contributed by atoms with E-state index in [1.807, 2.05) is 19.9 Å². The first-order valence-corrected chi connectivity index (χ1v) is 8.02. The molecule has 2 unspecified atom stereocenters. The molecule has 0 bridgehead atoms. The fourth-order valence-electron chi connectivity index (χ4n) is 3.10. The Labute approximate surface area is 128 Å². The molecule has 1 saturated heterocycles. The van der Waals surface area contributed by atoms with Gasteiger partial charge in [0.1, 0.15) is 5.75 Å². The highest BCUT2D eigenvalue weighted by atomic mass is 16.5. The van der Waals surface area contributed by atoms with E-state index in [-0.39, 0.29) is 11.6 Å². The minimum absolute atomic E-state index is 0.107. The molecule has 4 nitrogen and oxygen atoms in total. The molecule has 1 N–H and O–H groups in total. The van der Waals surface area contributed by atoms with Gasteiger partial charge in [-0.3, -0.25) is 9.88 Å². The Bertz CT molecular complexity index is 458. The minimum atomic E-state index is -0.552. The summed E-state index contributed by atoms with van der Waals surface area (Å²) in [7, 11) is 0. The molecule has 1 aliphatic rings. The zero-order valence-corrected chi connectivity index (χ0v) is 13.7. The number of nitrogens with zero attached hydrogens (tertiary/aromatic N) is 2. The quantitative estimate of drug-likeness (QED) is 0.875. The molecule has 2 heterocycles. The van der Waals surface area contributed by atoms with Gasteiger partial charge >= 0.3 is 0 Å². The van der Waals surface area contributed by atoms with Gasteiger partial charge in [-0.05, 0) is 59.2 Å². The van der Waals surface area contributed by atoms with E-state index >= 15 is 0 Å². The summed E-state index contributed by atoms with van der Waals surface area (Å²) in [5.74, 6) is 0.724. The van der Waals surface area contributed by atoms with Crippen LogP contribution in [0.5, 0.6) is 5.75 Å². The number of hydrogen-bond donors (Lipinski definition) is 1. The number of likely N-dealkylation sites (tertiary alicyclic amines) is 1. The van der Waals surface area contributed by atoms with Gasteiger partial charge in [-0.15, -0.1) is 0 Å². The molecule has 21 heavy (non-hydrogen) atoms. The molecule has 0 amide bonds. The predicted molar refractivity (Wildman–Crippen MR) is 84.5 cm³/mol. The van der Waals surface area contributed by atoms with Gasteiger partial charge in [-0.1, -0.05) is 6.92 Å². The number of aromatic nitrogens is 1. The number of hydrogen-bond acceptors (Lipinski definition) is 4. The highest BCUT2D eigenvalue weighted by Crippen LogP contribution is 2.37. The van der Waals surface area contributed by atoms with Crippen LogP contribution in [-0.4, -0.2) is 39.7 Å².